The normalized spacial score (nSPS) is 11.0. The number of hydrogen-bond acceptors (Lipinski definition) is 4. The van der Waals surface area contributed by atoms with Crippen LogP contribution in [0.3, 0.4) is 0 Å². The lowest BCUT2D eigenvalue weighted by atomic mass is 10.1. The first-order valence-electron chi connectivity index (χ1n) is 8.25. The predicted octanol–water partition coefficient (Wildman–Crippen LogP) is 3.30. The zero-order valence-electron chi connectivity index (χ0n) is 14.5. The molecule has 5 heteroatoms. The number of carbonyl (C=O) groups is 1. The van der Waals surface area contributed by atoms with Gasteiger partial charge in [-0.2, -0.15) is 0 Å². The Kier molecular flexibility index (Phi) is 5.36. The smallest absolute Gasteiger partial charge is 0.287 e. The van der Waals surface area contributed by atoms with Gasteiger partial charge in [0, 0.05) is 13.1 Å². The highest BCUT2D eigenvalue weighted by Crippen LogP contribution is 2.21. The zero-order valence-corrected chi connectivity index (χ0v) is 14.5. The van der Waals surface area contributed by atoms with E-state index in [0.29, 0.717) is 18.1 Å². The second kappa shape index (κ2) is 7.85. The number of ether oxygens (including phenoxy) is 1. The van der Waals surface area contributed by atoms with Gasteiger partial charge in [-0.25, -0.2) is 0 Å². The lowest BCUT2D eigenvalue weighted by Crippen LogP contribution is -2.31. The summed E-state index contributed by atoms with van der Waals surface area (Å²) in [6, 6.07) is 17.5. The molecule has 0 radical (unpaired) electrons. The molecule has 1 N–H and O–H groups in total. The van der Waals surface area contributed by atoms with Gasteiger partial charge < -0.3 is 19.4 Å². The van der Waals surface area contributed by atoms with Gasteiger partial charge in [-0.3, -0.25) is 4.79 Å². The molecule has 0 aliphatic rings. The summed E-state index contributed by atoms with van der Waals surface area (Å²) in [6.07, 6.45) is 0. The molecule has 0 fully saturated rings. The van der Waals surface area contributed by atoms with Crippen LogP contribution in [0.25, 0.3) is 10.8 Å². The van der Waals surface area contributed by atoms with Crippen LogP contribution in [-0.4, -0.2) is 38.0 Å². The average molecular weight is 338 g/mol. The zero-order chi connectivity index (χ0) is 17.6. The van der Waals surface area contributed by atoms with Gasteiger partial charge in [-0.15, -0.1) is 0 Å². The Hall–Kier alpha value is -2.79. The first kappa shape index (κ1) is 17.0. The van der Waals surface area contributed by atoms with E-state index in [9.17, 15) is 4.79 Å². The second-order valence-electron chi connectivity index (χ2n) is 6.12. The SMILES string of the molecule is CN(C)CCNC(=O)c1ccc(COc2ccc3ccccc3c2)o1. The third-order valence-corrected chi connectivity index (χ3v) is 3.83. The van der Waals surface area contributed by atoms with Crippen LogP contribution >= 0.6 is 0 Å². The Labute approximate surface area is 147 Å². The number of benzene rings is 2. The quantitative estimate of drug-likeness (QED) is 0.718. The highest BCUT2D eigenvalue weighted by atomic mass is 16.5. The molecule has 3 rings (SSSR count). The Bertz CT molecular complexity index is 855. The standard InChI is InChI=1S/C20H22N2O3/c1-22(2)12-11-21-20(23)19-10-9-18(25-19)14-24-17-8-7-15-5-3-4-6-16(15)13-17/h3-10,13H,11-12,14H2,1-2H3,(H,21,23). The monoisotopic (exact) mass is 338 g/mol. The number of amides is 1. The van der Waals surface area contributed by atoms with Crippen LogP contribution < -0.4 is 10.1 Å². The molecule has 0 bridgehead atoms. The van der Waals surface area contributed by atoms with Gasteiger partial charge in [0.05, 0.1) is 0 Å². The molecule has 130 valence electrons. The fraction of sp³-hybridized carbons (Fsp3) is 0.250. The Morgan fingerprint density at radius 1 is 1.08 bits per heavy atom. The molecule has 5 nitrogen and oxygen atoms in total. The van der Waals surface area contributed by atoms with Gasteiger partial charge in [-0.05, 0) is 49.1 Å². The summed E-state index contributed by atoms with van der Waals surface area (Å²) in [5.74, 6) is 1.48. The molecule has 0 atom stereocenters. The summed E-state index contributed by atoms with van der Waals surface area (Å²) in [5, 5.41) is 5.12. The minimum Gasteiger partial charge on any atom is -0.486 e. The molecule has 25 heavy (non-hydrogen) atoms. The molecule has 1 amide bonds. The molecule has 0 spiro atoms. The summed E-state index contributed by atoms with van der Waals surface area (Å²) >= 11 is 0. The number of nitrogens with zero attached hydrogens (tertiary/aromatic N) is 1. The van der Waals surface area contributed by atoms with Crippen molar-refractivity contribution < 1.29 is 13.9 Å². The number of rotatable bonds is 7. The van der Waals surface area contributed by atoms with Crippen molar-refractivity contribution in [2.24, 2.45) is 0 Å². The summed E-state index contributed by atoms with van der Waals surface area (Å²) in [5.41, 5.74) is 0. The van der Waals surface area contributed by atoms with E-state index in [1.165, 1.54) is 5.39 Å². The highest BCUT2D eigenvalue weighted by molar-refractivity contribution is 5.91. The summed E-state index contributed by atoms with van der Waals surface area (Å²) in [6.45, 7) is 1.64. The average Bonchev–Trinajstić information content (AvgIpc) is 3.08. The van der Waals surface area contributed by atoms with Crippen molar-refractivity contribution in [3.05, 3.63) is 66.1 Å². The molecule has 1 aromatic heterocycles. The second-order valence-corrected chi connectivity index (χ2v) is 6.12. The van der Waals surface area contributed by atoms with E-state index in [2.05, 4.69) is 11.4 Å². The van der Waals surface area contributed by atoms with Crippen LogP contribution in [0.5, 0.6) is 5.75 Å². The van der Waals surface area contributed by atoms with Crippen LogP contribution in [-0.2, 0) is 6.61 Å². The number of likely N-dealkylation sites (N-methyl/N-ethyl adjacent to an activating group) is 1. The van der Waals surface area contributed by atoms with Gasteiger partial charge in [0.15, 0.2) is 5.76 Å². The lowest BCUT2D eigenvalue weighted by Gasteiger charge is -2.09. The minimum absolute atomic E-state index is 0.209. The molecule has 1 heterocycles. The number of hydrogen-bond donors (Lipinski definition) is 1. The van der Waals surface area contributed by atoms with Crippen molar-refractivity contribution in [3.8, 4) is 5.75 Å². The first-order chi connectivity index (χ1) is 12.1. The number of nitrogens with one attached hydrogen (secondary N) is 1. The minimum atomic E-state index is -0.209. The molecular formula is C20H22N2O3. The van der Waals surface area contributed by atoms with Gasteiger partial charge in [0.1, 0.15) is 18.1 Å². The maximum atomic E-state index is 12.0. The highest BCUT2D eigenvalue weighted by Gasteiger charge is 2.11. The van der Waals surface area contributed by atoms with Crippen LogP contribution in [0.15, 0.2) is 59.0 Å². The van der Waals surface area contributed by atoms with Crippen LogP contribution in [0, 0.1) is 0 Å². The van der Waals surface area contributed by atoms with E-state index in [-0.39, 0.29) is 12.5 Å². The van der Waals surface area contributed by atoms with Gasteiger partial charge in [0.2, 0.25) is 0 Å². The third kappa shape index (κ3) is 4.61. The molecule has 3 aromatic rings. The summed E-state index contributed by atoms with van der Waals surface area (Å²) in [4.78, 5) is 14.0. The van der Waals surface area contributed by atoms with E-state index in [1.807, 2.05) is 55.4 Å². The Balaban J connectivity index is 1.56. The summed E-state index contributed by atoms with van der Waals surface area (Å²) < 4.78 is 11.3. The third-order valence-electron chi connectivity index (χ3n) is 3.83. The number of fused-ring (bicyclic) bond motifs is 1. The fourth-order valence-corrected chi connectivity index (χ4v) is 2.47. The van der Waals surface area contributed by atoms with Crippen LogP contribution in [0.2, 0.25) is 0 Å². The van der Waals surface area contributed by atoms with E-state index in [0.717, 1.165) is 17.7 Å². The van der Waals surface area contributed by atoms with Crippen LogP contribution in [0.4, 0.5) is 0 Å². The molecular weight excluding hydrogens is 316 g/mol. The van der Waals surface area contributed by atoms with Gasteiger partial charge >= 0.3 is 0 Å². The molecule has 0 aliphatic heterocycles. The molecule has 2 aromatic carbocycles. The van der Waals surface area contributed by atoms with Crippen molar-refractivity contribution in [3.63, 3.8) is 0 Å². The Morgan fingerprint density at radius 3 is 2.68 bits per heavy atom. The molecule has 0 saturated carbocycles. The van der Waals surface area contributed by atoms with E-state index >= 15 is 0 Å². The van der Waals surface area contributed by atoms with Crippen molar-refractivity contribution in [2.75, 3.05) is 27.2 Å². The number of furan rings is 1. The maximum absolute atomic E-state index is 12.0. The van der Waals surface area contributed by atoms with Gasteiger partial charge in [-0.1, -0.05) is 30.3 Å². The maximum Gasteiger partial charge on any atom is 0.287 e. The molecule has 0 unspecified atom stereocenters. The Morgan fingerprint density at radius 2 is 1.88 bits per heavy atom. The fourth-order valence-electron chi connectivity index (χ4n) is 2.47. The summed E-state index contributed by atoms with van der Waals surface area (Å²) in [7, 11) is 3.92. The van der Waals surface area contributed by atoms with Crippen molar-refractivity contribution in [2.45, 2.75) is 6.61 Å². The van der Waals surface area contributed by atoms with Crippen LogP contribution in [0.1, 0.15) is 16.3 Å². The van der Waals surface area contributed by atoms with E-state index in [4.69, 9.17) is 9.15 Å². The van der Waals surface area contributed by atoms with Crippen molar-refractivity contribution in [1.82, 2.24) is 10.2 Å². The predicted molar refractivity (Wildman–Crippen MR) is 97.9 cm³/mol. The van der Waals surface area contributed by atoms with Crippen molar-refractivity contribution >= 4 is 16.7 Å². The van der Waals surface area contributed by atoms with E-state index in [1.54, 1.807) is 12.1 Å². The topological polar surface area (TPSA) is 54.7 Å². The molecule has 0 aliphatic carbocycles. The van der Waals surface area contributed by atoms with Gasteiger partial charge in [0.25, 0.3) is 5.91 Å². The largest absolute Gasteiger partial charge is 0.486 e. The lowest BCUT2D eigenvalue weighted by molar-refractivity contribution is 0.0919. The first-order valence-corrected chi connectivity index (χ1v) is 8.25. The number of carbonyl (C=O) groups excluding carboxylic acids is 1. The van der Waals surface area contributed by atoms with E-state index < -0.39 is 0 Å². The molecule has 0 saturated heterocycles. The van der Waals surface area contributed by atoms with Crippen molar-refractivity contribution in [1.29, 1.82) is 0 Å².